The van der Waals surface area contributed by atoms with Gasteiger partial charge in [0.05, 0.1) is 16.1 Å². The van der Waals surface area contributed by atoms with Crippen molar-refractivity contribution in [1.82, 2.24) is 14.7 Å². The second kappa shape index (κ2) is 6.84. The minimum Gasteiger partial charge on any atom is -0.379 e. The topological polar surface area (TPSA) is 84.0 Å². The van der Waals surface area contributed by atoms with Crippen LogP contribution in [0.4, 0.5) is 5.69 Å². The van der Waals surface area contributed by atoms with Crippen LogP contribution in [0.1, 0.15) is 5.56 Å². The summed E-state index contributed by atoms with van der Waals surface area (Å²) < 4.78 is 26.9. The molecule has 0 unspecified atom stereocenters. The molecule has 2 N–H and O–H groups in total. The quantitative estimate of drug-likeness (QED) is 0.680. The third-order valence-electron chi connectivity index (χ3n) is 3.50. The highest BCUT2D eigenvalue weighted by atomic mass is 79.9. The van der Waals surface area contributed by atoms with E-state index in [0.29, 0.717) is 6.54 Å². The fourth-order valence-corrected chi connectivity index (χ4v) is 3.41. The van der Waals surface area contributed by atoms with Crippen molar-refractivity contribution in [2.75, 3.05) is 12.4 Å². The van der Waals surface area contributed by atoms with Crippen molar-refractivity contribution in [2.45, 2.75) is 11.4 Å². The minimum absolute atomic E-state index is 0.242. The predicted octanol–water partition coefficient (Wildman–Crippen LogP) is 2.91. The number of rotatable bonds is 5. The summed E-state index contributed by atoms with van der Waals surface area (Å²) in [5.74, 6) is 0. The Morgan fingerprint density at radius 2 is 2.00 bits per heavy atom. The maximum absolute atomic E-state index is 11.9. The highest BCUT2D eigenvalue weighted by Gasteiger charge is 2.11. The minimum atomic E-state index is -3.45. The third kappa shape index (κ3) is 3.55. The number of sulfonamides is 1. The van der Waals surface area contributed by atoms with Gasteiger partial charge in [-0.3, -0.25) is 9.97 Å². The molecule has 0 bridgehead atoms. The molecule has 0 atom stereocenters. The van der Waals surface area contributed by atoms with Crippen LogP contribution in [0.5, 0.6) is 0 Å². The smallest absolute Gasteiger partial charge is 0.240 e. The van der Waals surface area contributed by atoms with Crippen molar-refractivity contribution in [3.8, 4) is 0 Å². The molecule has 1 aromatic carbocycles. The highest BCUT2D eigenvalue weighted by Crippen LogP contribution is 2.22. The fourth-order valence-electron chi connectivity index (χ4n) is 2.29. The van der Waals surface area contributed by atoms with E-state index in [1.165, 1.54) is 7.05 Å². The summed E-state index contributed by atoms with van der Waals surface area (Å²) in [4.78, 5) is 8.92. The zero-order chi connectivity index (χ0) is 17.2. The van der Waals surface area contributed by atoms with Gasteiger partial charge in [0.2, 0.25) is 10.0 Å². The molecular weight excluding hydrogens is 392 g/mol. The van der Waals surface area contributed by atoms with Gasteiger partial charge in [-0.1, -0.05) is 12.1 Å². The molecule has 2 heterocycles. The van der Waals surface area contributed by atoms with Crippen molar-refractivity contribution < 1.29 is 8.42 Å². The Bertz CT molecular complexity index is 992. The Hall–Kier alpha value is -2.03. The van der Waals surface area contributed by atoms with Crippen LogP contribution in [-0.4, -0.2) is 25.4 Å². The maximum atomic E-state index is 11.9. The lowest BCUT2D eigenvalue weighted by Crippen LogP contribution is -2.18. The van der Waals surface area contributed by atoms with Crippen molar-refractivity contribution in [3.05, 3.63) is 58.8 Å². The average Bonchev–Trinajstić information content (AvgIpc) is 2.59. The number of fused-ring (bicyclic) bond motifs is 1. The van der Waals surface area contributed by atoms with E-state index < -0.39 is 10.0 Å². The zero-order valence-corrected chi connectivity index (χ0v) is 15.2. The number of aromatic nitrogens is 2. The van der Waals surface area contributed by atoms with Crippen molar-refractivity contribution >= 4 is 42.7 Å². The number of benzene rings is 1. The summed E-state index contributed by atoms with van der Waals surface area (Å²) in [7, 11) is -2.05. The Kier molecular flexibility index (Phi) is 4.79. The monoisotopic (exact) mass is 406 g/mol. The van der Waals surface area contributed by atoms with Crippen LogP contribution in [0.15, 0.2) is 58.2 Å². The molecule has 0 aliphatic heterocycles. The Morgan fingerprint density at radius 1 is 1.17 bits per heavy atom. The van der Waals surface area contributed by atoms with Gasteiger partial charge in [-0.2, -0.15) is 0 Å². The molecule has 6 nitrogen and oxygen atoms in total. The molecule has 3 aromatic rings. The van der Waals surface area contributed by atoms with E-state index in [9.17, 15) is 8.42 Å². The van der Waals surface area contributed by atoms with E-state index in [1.54, 1.807) is 30.6 Å². The van der Waals surface area contributed by atoms with E-state index in [2.05, 4.69) is 35.9 Å². The predicted molar refractivity (Wildman–Crippen MR) is 97.3 cm³/mol. The number of hydrogen-bond donors (Lipinski definition) is 2. The SMILES string of the molecule is CNS(=O)(=O)c1cccc(CNc2ccnc3cc(Br)cnc23)c1. The molecule has 0 radical (unpaired) electrons. The zero-order valence-electron chi connectivity index (χ0n) is 12.8. The van der Waals surface area contributed by atoms with Gasteiger partial charge in [0.25, 0.3) is 0 Å². The standard InChI is InChI=1S/C16H15BrN4O2S/c1-18-24(22,23)13-4-2-3-11(7-13)9-20-14-5-6-19-15-8-12(17)10-21-16(14)15/h2-8,10,18H,9H2,1H3,(H,19,20). The van der Waals surface area contributed by atoms with E-state index in [-0.39, 0.29) is 4.90 Å². The fraction of sp³-hybridized carbons (Fsp3) is 0.125. The first-order valence-electron chi connectivity index (χ1n) is 7.16. The molecule has 0 aliphatic carbocycles. The Balaban J connectivity index is 1.86. The summed E-state index contributed by atoms with van der Waals surface area (Å²) in [5.41, 5.74) is 3.24. The summed E-state index contributed by atoms with van der Waals surface area (Å²) >= 11 is 3.38. The first-order valence-corrected chi connectivity index (χ1v) is 9.44. The number of anilines is 1. The summed E-state index contributed by atoms with van der Waals surface area (Å²) in [5, 5.41) is 3.29. The van der Waals surface area contributed by atoms with Gasteiger partial charge < -0.3 is 5.32 Å². The molecule has 0 amide bonds. The van der Waals surface area contributed by atoms with Crippen LogP contribution < -0.4 is 10.0 Å². The molecule has 24 heavy (non-hydrogen) atoms. The third-order valence-corrected chi connectivity index (χ3v) is 5.35. The van der Waals surface area contributed by atoms with Gasteiger partial charge in [0, 0.05) is 23.4 Å². The summed E-state index contributed by atoms with van der Waals surface area (Å²) in [6.45, 7) is 0.476. The number of nitrogens with zero attached hydrogens (tertiary/aromatic N) is 2. The number of hydrogen-bond acceptors (Lipinski definition) is 5. The lowest BCUT2D eigenvalue weighted by molar-refractivity contribution is 0.588. The van der Waals surface area contributed by atoms with Crippen molar-refractivity contribution in [2.24, 2.45) is 0 Å². The van der Waals surface area contributed by atoms with Crippen molar-refractivity contribution in [1.29, 1.82) is 0 Å². The van der Waals surface area contributed by atoms with Gasteiger partial charge in [0.15, 0.2) is 0 Å². The molecular formula is C16H15BrN4O2S. The number of nitrogens with one attached hydrogen (secondary N) is 2. The molecule has 124 valence electrons. The Labute approximate surface area is 148 Å². The van der Waals surface area contributed by atoms with E-state index in [1.807, 2.05) is 18.2 Å². The van der Waals surface area contributed by atoms with Gasteiger partial charge in [-0.15, -0.1) is 0 Å². The highest BCUT2D eigenvalue weighted by molar-refractivity contribution is 9.10. The molecule has 0 fully saturated rings. The van der Waals surface area contributed by atoms with Gasteiger partial charge in [-0.05, 0) is 52.8 Å². The first kappa shape index (κ1) is 16.8. The van der Waals surface area contributed by atoms with E-state index >= 15 is 0 Å². The molecule has 0 aliphatic rings. The average molecular weight is 407 g/mol. The van der Waals surface area contributed by atoms with Crippen LogP contribution in [0, 0.1) is 0 Å². The lowest BCUT2D eigenvalue weighted by atomic mass is 10.2. The van der Waals surface area contributed by atoms with Crippen LogP contribution >= 0.6 is 15.9 Å². The van der Waals surface area contributed by atoms with Crippen LogP contribution in [0.2, 0.25) is 0 Å². The van der Waals surface area contributed by atoms with E-state index in [4.69, 9.17) is 0 Å². The second-order valence-corrected chi connectivity index (χ2v) is 7.89. The second-order valence-electron chi connectivity index (χ2n) is 5.09. The van der Waals surface area contributed by atoms with Crippen LogP contribution in [0.3, 0.4) is 0 Å². The van der Waals surface area contributed by atoms with Crippen molar-refractivity contribution in [3.63, 3.8) is 0 Å². The summed E-state index contributed by atoms with van der Waals surface area (Å²) in [6, 6.07) is 10.5. The van der Waals surface area contributed by atoms with Gasteiger partial charge in [0.1, 0.15) is 5.52 Å². The Morgan fingerprint density at radius 3 is 2.79 bits per heavy atom. The first-order chi connectivity index (χ1) is 11.5. The molecule has 0 spiro atoms. The summed E-state index contributed by atoms with van der Waals surface area (Å²) in [6.07, 6.45) is 3.43. The van der Waals surface area contributed by atoms with Gasteiger partial charge >= 0.3 is 0 Å². The van der Waals surface area contributed by atoms with Crippen LogP contribution in [-0.2, 0) is 16.6 Å². The van der Waals surface area contributed by atoms with E-state index in [0.717, 1.165) is 26.8 Å². The number of pyridine rings is 2. The molecule has 3 rings (SSSR count). The van der Waals surface area contributed by atoms with Gasteiger partial charge in [-0.25, -0.2) is 13.1 Å². The van der Waals surface area contributed by atoms with Crippen LogP contribution in [0.25, 0.3) is 11.0 Å². The molecule has 0 saturated heterocycles. The molecule has 2 aromatic heterocycles. The number of halogens is 1. The largest absolute Gasteiger partial charge is 0.379 e. The maximum Gasteiger partial charge on any atom is 0.240 e. The lowest BCUT2D eigenvalue weighted by Gasteiger charge is -2.10. The molecule has 8 heteroatoms. The normalized spacial score (nSPS) is 11.6. The molecule has 0 saturated carbocycles.